The van der Waals surface area contributed by atoms with Crippen LogP contribution in [-0.4, -0.2) is 57.3 Å². The van der Waals surface area contributed by atoms with Gasteiger partial charge in [0, 0.05) is 37.0 Å². The van der Waals surface area contributed by atoms with Crippen molar-refractivity contribution in [2.45, 2.75) is 31.4 Å². The number of nitrogens with one attached hydrogen (secondary N) is 1. The number of aliphatic hydroxyl groups excluding tert-OH is 1. The second-order valence-electron chi connectivity index (χ2n) is 4.85. The fourth-order valence-corrected chi connectivity index (χ4v) is 2.88. The monoisotopic (exact) mass is 299 g/mol. The summed E-state index contributed by atoms with van der Waals surface area (Å²) in [5.41, 5.74) is 0. The average Bonchev–Trinajstić information content (AvgIpc) is 3.04. The molecule has 0 aliphatic carbocycles. The van der Waals surface area contributed by atoms with Crippen LogP contribution in [0.15, 0.2) is 11.6 Å². The van der Waals surface area contributed by atoms with E-state index in [1.165, 1.54) is 16.2 Å². The van der Waals surface area contributed by atoms with Crippen LogP contribution in [0, 0.1) is 0 Å². The van der Waals surface area contributed by atoms with E-state index < -0.39 is 24.1 Å². The van der Waals surface area contributed by atoms with Gasteiger partial charge in [-0.15, -0.1) is 11.3 Å². The van der Waals surface area contributed by atoms with Crippen molar-refractivity contribution in [2.75, 3.05) is 13.1 Å². The summed E-state index contributed by atoms with van der Waals surface area (Å²) in [6.45, 7) is 2.37. The van der Waals surface area contributed by atoms with E-state index in [1.54, 1.807) is 6.20 Å². The average molecular weight is 299 g/mol. The first-order valence-corrected chi connectivity index (χ1v) is 7.21. The largest absolute Gasteiger partial charge is 0.480 e. The molecule has 1 aliphatic rings. The number of carboxylic acids is 1. The van der Waals surface area contributed by atoms with Gasteiger partial charge in [-0.2, -0.15) is 0 Å². The zero-order valence-corrected chi connectivity index (χ0v) is 11.8. The van der Waals surface area contributed by atoms with E-state index in [9.17, 15) is 14.7 Å². The van der Waals surface area contributed by atoms with Crippen molar-refractivity contribution in [2.24, 2.45) is 0 Å². The summed E-state index contributed by atoms with van der Waals surface area (Å²) in [5.74, 6) is -1.03. The molecule has 1 aromatic rings. The van der Waals surface area contributed by atoms with Crippen LogP contribution in [0.3, 0.4) is 0 Å². The Morgan fingerprint density at radius 2 is 2.40 bits per heavy atom. The zero-order chi connectivity index (χ0) is 14.7. The maximum atomic E-state index is 12.0. The predicted molar refractivity (Wildman–Crippen MR) is 72.7 cm³/mol. The van der Waals surface area contributed by atoms with Crippen molar-refractivity contribution in [3.05, 3.63) is 16.6 Å². The second-order valence-corrected chi connectivity index (χ2v) is 5.78. The van der Waals surface area contributed by atoms with Crippen molar-refractivity contribution >= 4 is 23.3 Å². The summed E-state index contributed by atoms with van der Waals surface area (Å²) < 4.78 is 0. The third-order valence-electron chi connectivity index (χ3n) is 3.26. The van der Waals surface area contributed by atoms with Gasteiger partial charge in [0.15, 0.2) is 0 Å². The minimum atomic E-state index is -1.09. The Balaban J connectivity index is 1.89. The fourth-order valence-electron chi connectivity index (χ4n) is 2.18. The molecule has 0 saturated carbocycles. The van der Waals surface area contributed by atoms with E-state index in [-0.39, 0.29) is 18.9 Å². The van der Waals surface area contributed by atoms with E-state index in [0.717, 1.165) is 5.01 Å². The number of aliphatic carboxylic acids is 1. The minimum absolute atomic E-state index is 0.0500. The van der Waals surface area contributed by atoms with Crippen LogP contribution < -0.4 is 5.32 Å². The summed E-state index contributed by atoms with van der Waals surface area (Å²) in [6.07, 6.45) is 0.999. The maximum absolute atomic E-state index is 12.0. The van der Waals surface area contributed by atoms with Crippen LogP contribution in [0.2, 0.25) is 0 Å². The maximum Gasteiger partial charge on any atom is 0.326 e. The zero-order valence-electron chi connectivity index (χ0n) is 11.0. The number of hydrogen-bond donors (Lipinski definition) is 3. The molecule has 1 unspecified atom stereocenters. The van der Waals surface area contributed by atoms with Gasteiger partial charge in [0.25, 0.3) is 0 Å². The SMILES string of the molecule is CC(CNC(=O)N1C[C@H](O)C[C@@H]1C(=O)O)c1nccs1. The molecule has 1 aliphatic heterocycles. The number of amides is 2. The number of likely N-dealkylation sites (tertiary alicyclic amines) is 1. The number of rotatable bonds is 4. The highest BCUT2D eigenvalue weighted by Crippen LogP contribution is 2.19. The molecule has 1 fully saturated rings. The number of carbonyl (C=O) groups excluding carboxylic acids is 1. The number of urea groups is 1. The lowest BCUT2D eigenvalue weighted by molar-refractivity contribution is -0.141. The number of carbonyl (C=O) groups is 2. The van der Waals surface area contributed by atoms with E-state index in [4.69, 9.17) is 5.11 Å². The van der Waals surface area contributed by atoms with Gasteiger partial charge < -0.3 is 20.4 Å². The molecule has 0 bridgehead atoms. The molecule has 3 atom stereocenters. The number of aromatic nitrogens is 1. The first kappa shape index (κ1) is 14.7. The van der Waals surface area contributed by atoms with E-state index in [2.05, 4.69) is 10.3 Å². The van der Waals surface area contributed by atoms with Crippen molar-refractivity contribution in [1.82, 2.24) is 15.2 Å². The molecule has 7 nitrogen and oxygen atoms in total. The number of carboxylic acid groups (broad SMARTS) is 1. The summed E-state index contributed by atoms with van der Waals surface area (Å²) >= 11 is 1.51. The number of thiazole rings is 1. The lowest BCUT2D eigenvalue weighted by atomic mass is 10.2. The third kappa shape index (κ3) is 3.26. The van der Waals surface area contributed by atoms with Crippen LogP contribution >= 0.6 is 11.3 Å². The molecule has 2 amide bonds. The number of aliphatic hydroxyl groups is 1. The number of nitrogens with zero attached hydrogens (tertiary/aromatic N) is 2. The van der Waals surface area contributed by atoms with Crippen LogP contribution in [0.5, 0.6) is 0 Å². The highest BCUT2D eigenvalue weighted by molar-refractivity contribution is 7.09. The molecule has 0 aromatic carbocycles. The van der Waals surface area contributed by atoms with Gasteiger partial charge in [0.2, 0.25) is 0 Å². The van der Waals surface area contributed by atoms with Crippen molar-refractivity contribution in [1.29, 1.82) is 0 Å². The van der Waals surface area contributed by atoms with Gasteiger partial charge in [-0.3, -0.25) is 0 Å². The molecule has 1 saturated heterocycles. The first-order valence-electron chi connectivity index (χ1n) is 6.33. The van der Waals surface area contributed by atoms with E-state index in [0.29, 0.717) is 6.54 Å². The standard InChI is InChI=1S/C12H17N3O4S/c1-7(10-13-2-3-20-10)5-14-12(19)15-6-8(16)4-9(15)11(17)18/h2-3,7-9,16H,4-6H2,1H3,(H,14,19)(H,17,18)/t7?,8-,9-/m1/s1. The lowest BCUT2D eigenvalue weighted by Crippen LogP contribution is -2.46. The third-order valence-corrected chi connectivity index (χ3v) is 4.26. The highest BCUT2D eigenvalue weighted by atomic mass is 32.1. The summed E-state index contributed by atoms with van der Waals surface area (Å²) in [5, 5.41) is 24.0. The fraction of sp³-hybridized carbons (Fsp3) is 0.583. The van der Waals surface area contributed by atoms with Gasteiger partial charge in [0.05, 0.1) is 11.1 Å². The van der Waals surface area contributed by atoms with Gasteiger partial charge >= 0.3 is 12.0 Å². The molecule has 0 spiro atoms. The summed E-state index contributed by atoms with van der Waals surface area (Å²) in [4.78, 5) is 28.4. The van der Waals surface area contributed by atoms with Gasteiger partial charge in [-0.25, -0.2) is 14.6 Å². The Bertz CT molecular complexity index is 479. The van der Waals surface area contributed by atoms with Crippen LogP contribution in [0.1, 0.15) is 24.3 Å². The second kappa shape index (κ2) is 6.19. The van der Waals surface area contributed by atoms with Crippen molar-refractivity contribution < 1.29 is 19.8 Å². The lowest BCUT2D eigenvalue weighted by Gasteiger charge is -2.22. The topological polar surface area (TPSA) is 103 Å². The smallest absolute Gasteiger partial charge is 0.326 e. The molecule has 1 aromatic heterocycles. The quantitative estimate of drug-likeness (QED) is 0.750. The van der Waals surface area contributed by atoms with E-state index >= 15 is 0 Å². The molecule has 110 valence electrons. The van der Waals surface area contributed by atoms with Crippen LogP contribution in [0.4, 0.5) is 4.79 Å². The Morgan fingerprint density at radius 1 is 1.65 bits per heavy atom. The Labute approximate surface area is 120 Å². The van der Waals surface area contributed by atoms with Crippen molar-refractivity contribution in [3.63, 3.8) is 0 Å². The Morgan fingerprint density at radius 3 is 3.00 bits per heavy atom. The summed E-state index contributed by atoms with van der Waals surface area (Å²) in [6, 6.07) is -1.42. The molecule has 0 radical (unpaired) electrons. The van der Waals surface area contributed by atoms with Gasteiger partial charge in [-0.05, 0) is 0 Å². The molecular weight excluding hydrogens is 282 g/mol. The molecule has 20 heavy (non-hydrogen) atoms. The molecule has 3 N–H and O–H groups in total. The van der Waals surface area contributed by atoms with Crippen LogP contribution in [-0.2, 0) is 4.79 Å². The van der Waals surface area contributed by atoms with Gasteiger partial charge in [-0.1, -0.05) is 6.92 Å². The Hall–Kier alpha value is -1.67. The predicted octanol–water partition coefficient (Wildman–Crippen LogP) is 0.476. The summed E-state index contributed by atoms with van der Waals surface area (Å²) in [7, 11) is 0. The molecule has 2 rings (SSSR count). The normalized spacial score (nSPS) is 23.6. The van der Waals surface area contributed by atoms with Gasteiger partial charge in [0.1, 0.15) is 6.04 Å². The molecule has 8 heteroatoms. The molecule has 2 heterocycles. The highest BCUT2D eigenvalue weighted by Gasteiger charge is 2.38. The number of hydrogen-bond acceptors (Lipinski definition) is 5. The van der Waals surface area contributed by atoms with E-state index in [1.807, 2.05) is 12.3 Å². The molecular formula is C12H17N3O4S. The Kier molecular flexibility index (Phi) is 4.56. The first-order chi connectivity index (χ1) is 9.49. The van der Waals surface area contributed by atoms with Crippen molar-refractivity contribution in [3.8, 4) is 0 Å². The number of β-amino-alcohol motifs (C(OH)–C–C–N with tert-alkyl or cyclic N) is 1. The minimum Gasteiger partial charge on any atom is -0.480 e. The van der Waals surface area contributed by atoms with Crippen LogP contribution in [0.25, 0.3) is 0 Å².